The molecule has 130 valence electrons. The first-order chi connectivity index (χ1) is 11.8. The van der Waals surface area contributed by atoms with Gasteiger partial charge in [-0.1, -0.05) is 0 Å². The van der Waals surface area contributed by atoms with Crippen molar-refractivity contribution in [2.75, 3.05) is 39.6 Å². The summed E-state index contributed by atoms with van der Waals surface area (Å²) < 4.78 is 21.6. The van der Waals surface area contributed by atoms with Gasteiger partial charge < -0.3 is 29.2 Å². The topological polar surface area (TPSA) is 77.4 Å². The SMILES string of the molecule is OCCOCCOCCOc1ccc(Oc2ccc(O)cc2)cc1. The summed E-state index contributed by atoms with van der Waals surface area (Å²) >= 11 is 0. The molecular formula is C18H22O6. The average molecular weight is 334 g/mol. The molecule has 24 heavy (non-hydrogen) atoms. The summed E-state index contributed by atoms with van der Waals surface area (Å²) in [6, 6.07) is 13.8. The van der Waals surface area contributed by atoms with Gasteiger partial charge in [-0.2, -0.15) is 0 Å². The molecule has 0 spiro atoms. The zero-order valence-corrected chi connectivity index (χ0v) is 13.4. The van der Waals surface area contributed by atoms with Crippen molar-refractivity contribution in [1.82, 2.24) is 0 Å². The van der Waals surface area contributed by atoms with Crippen molar-refractivity contribution in [3.05, 3.63) is 48.5 Å². The number of hydrogen-bond donors (Lipinski definition) is 2. The fourth-order valence-corrected chi connectivity index (χ4v) is 1.86. The molecule has 6 nitrogen and oxygen atoms in total. The van der Waals surface area contributed by atoms with E-state index < -0.39 is 0 Å². The maximum atomic E-state index is 9.23. The van der Waals surface area contributed by atoms with Crippen LogP contribution < -0.4 is 9.47 Å². The number of phenols is 1. The second-order valence-electron chi connectivity index (χ2n) is 4.86. The number of aliphatic hydroxyl groups is 1. The van der Waals surface area contributed by atoms with E-state index in [1.807, 2.05) is 24.3 Å². The van der Waals surface area contributed by atoms with Crippen molar-refractivity contribution >= 4 is 0 Å². The molecule has 0 aliphatic rings. The number of ether oxygens (including phenoxy) is 4. The highest BCUT2D eigenvalue weighted by Crippen LogP contribution is 2.25. The van der Waals surface area contributed by atoms with Crippen LogP contribution in [-0.4, -0.2) is 49.9 Å². The molecule has 6 heteroatoms. The minimum absolute atomic E-state index is 0.0234. The molecule has 0 heterocycles. The largest absolute Gasteiger partial charge is 0.508 e. The number of hydrogen-bond acceptors (Lipinski definition) is 6. The summed E-state index contributed by atoms with van der Waals surface area (Å²) in [7, 11) is 0. The van der Waals surface area contributed by atoms with Gasteiger partial charge >= 0.3 is 0 Å². The Morgan fingerprint density at radius 3 is 1.75 bits per heavy atom. The van der Waals surface area contributed by atoms with Gasteiger partial charge in [-0.05, 0) is 48.5 Å². The fraction of sp³-hybridized carbons (Fsp3) is 0.333. The lowest BCUT2D eigenvalue weighted by Crippen LogP contribution is -2.11. The number of aromatic hydroxyl groups is 1. The van der Waals surface area contributed by atoms with Crippen LogP contribution in [0, 0.1) is 0 Å². The summed E-state index contributed by atoms with van der Waals surface area (Å²) in [6.45, 7) is 2.20. The number of rotatable bonds is 11. The molecule has 0 aromatic heterocycles. The van der Waals surface area contributed by atoms with Crippen molar-refractivity contribution in [3.8, 4) is 23.0 Å². The second-order valence-corrected chi connectivity index (χ2v) is 4.86. The molecule has 0 saturated carbocycles. The summed E-state index contributed by atoms with van der Waals surface area (Å²) in [6.07, 6.45) is 0. The second kappa shape index (κ2) is 10.5. The smallest absolute Gasteiger partial charge is 0.127 e. The number of phenolic OH excluding ortho intramolecular Hbond substituents is 1. The van der Waals surface area contributed by atoms with E-state index in [9.17, 15) is 5.11 Å². The van der Waals surface area contributed by atoms with Crippen LogP contribution in [-0.2, 0) is 9.47 Å². The summed E-state index contributed by atoms with van der Waals surface area (Å²) in [5, 5.41) is 17.8. The molecule has 0 atom stereocenters. The maximum absolute atomic E-state index is 9.23. The van der Waals surface area contributed by atoms with Crippen LogP contribution in [0.2, 0.25) is 0 Å². The molecular weight excluding hydrogens is 312 g/mol. The molecule has 0 fully saturated rings. The molecule has 0 saturated heterocycles. The molecule has 0 unspecified atom stereocenters. The van der Waals surface area contributed by atoms with Crippen molar-refractivity contribution in [2.45, 2.75) is 0 Å². The Labute approximate surface area is 141 Å². The maximum Gasteiger partial charge on any atom is 0.127 e. The van der Waals surface area contributed by atoms with Gasteiger partial charge in [0, 0.05) is 0 Å². The Hall–Kier alpha value is -2.28. The third-order valence-electron chi connectivity index (χ3n) is 3.00. The lowest BCUT2D eigenvalue weighted by Gasteiger charge is -2.09. The van der Waals surface area contributed by atoms with E-state index in [2.05, 4.69) is 0 Å². The van der Waals surface area contributed by atoms with Gasteiger partial charge in [0.25, 0.3) is 0 Å². The van der Waals surface area contributed by atoms with Gasteiger partial charge in [0.15, 0.2) is 0 Å². The van der Waals surface area contributed by atoms with Gasteiger partial charge in [0.05, 0.1) is 33.0 Å². The van der Waals surface area contributed by atoms with Crippen molar-refractivity contribution in [2.24, 2.45) is 0 Å². The van der Waals surface area contributed by atoms with Crippen molar-refractivity contribution < 1.29 is 29.2 Å². The Morgan fingerprint density at radius 1 is 0.625 bits per heavy atom. The highest BCUT2D eigenvalue weighted by atomic mass is 16.5. The van der Waals surface area contributed by atoms with E-state index in [0.717, 1.165) is 5.75 Å². The van der Waals surface area contributed by atoms with Crippen LogP contribution in [0.5, 0.6) is 23.0 Å². The lowest BCUT2D eigenvalue weighted by atomic mass is 10.3. The van der Waals surface area contributed by atoms with Gasteiger partial charge in [-0.15, -0.1) is 0 Å². The molecule has 2 aromatic carbocycles. The first-order valence-electron chi connectivity index (χ1n) is 7.74. The normalized spacial score (nSPS) is 10.5. The van der Waals surface area contributed by atoms with E-state index in [0.29, 0.717) is 44.5 Å². The Morgan fingerprint density at radius 2 is 1.12 bits per heavy atom. The van der Waals surface area contributed by atoms with Crippen LogP contribution in [0.1, 0.15) is 0 Å². The van der Waals surface area contributed by atoms with Gasteiger partial charge in [0.1, 0.15) is 29.6 Å². The molecule has 0 aliphatic carbocycles. The zero-order chi connectivity index (χ0) is 17.0. The minimum atomic E-state index is 0.0234. The third kappa shape index (κ3) is 6.87. The van der Waals surface area contributed by atoms with E-state index >= 15 is 0 Å². The summed E-state index contributed by atoms with van der Waals surface area (Å²) in [5.41, 5.74) is 0. The van der Waals surface area contributed by atoms with Crippen LogP contribution in [0.3, 0.4) is 0 Å². The van der Waals surface area contributed by atoms with Crippen LogP contribution in [0.15, 0.2) is 48.5 Å². The van der Waals surface area contributed by atoms with E-state index in [1.165, 1.54) is 0 Å². The van der Waals surface area contributed by atoms with Crippen LogP contribution in [0.25, 0.3) is 0 Å². The van der Waals surface area contributed by atoms with Gasteiger partial charge in [0.2, 0.25) is 0 Å². The van der Waals surface area contributed by atoms with E-state index in [4.69, 9.17) is 24.1 Å². The Kier molecular flexibility index (Phi) is 7.89. The third-order valence-corrected chi connectivity index (χ3v) is 3.00. The Bertz CT molecular complexity index is 567. The van der Waals surface area contributed by atoms with Crippen LogP contribution >= 0.6 is 0 Å². The van der Waals surface area contributed by atoms with Gasteiger partial charge in [-0.25, -0.2) is 0 Å². The molecule has 0 bridgehead atoms. The fourth-order valence-electron chi connectivity index (χ4n) is 1.86. The number of benzene rings is 2. The van der Waals surface area contributed by atoms with Crippen molar-refractivity contribution in [3.63, 3.8) is 0 Å². The predicted molar refractivity (Wildman–Crippen MR) is 88.8 cm³/mol. The molecule has 0 radical (unpaired) electrons. The van der Waals surface area contributed by atoms with E-state index in [1.54, 1.807) is 24.3 Å². The monoisotopic (exact) mass is 334 g/mol. The van der Waals surface area contributed by atoms with Gasteiger partial charge in [-0.3, -0.25) is 0 Å². The Balaban J connectivity index is 1.64. The highest BCUT2D eigenvalue weighted by Gasteiger charge is 1.99. The summed E-state index contributed by atoms with van der Waals surface area (Å²) in [4.78, 5) is 0. The first kappa shape index (κ1) is 18.1. The molecule has 0 aliphatic heterocycles. The summed E-state index contributed by atoms with van der Waals surface area (Å²) in [5.74, 6) is 2.27. The van der Waals surface area contributed by atoms with Crippen molar-refractivity contribution in [1.29, 1.82) is 0 Å². The number of aliphatic hydroxyl groups excluding tert-OH is 1. The molecule has 2 N–H and O–H groups in total. The molecule has 2 rings (SSSR count). The molecule has 0 amide bonds. The first-order valence-corrected chi connectivity index (χ1v) is 7.74. The minimum Gasteiger partial charge on any atom is -0.508 e. The quantitative estimate of drug-likeness (QED) is 0.615. The zero-order valence-electron chi connectivity index (χ0n) is 13.4. The standard InChI is InChI=1S/C18H22O6/c19-9-10-21-11-12-22-13-14-23-16-5-7-18(8-6-16)24-17-3-1-15(20)2-4-17/h1-8,19-20H,9-14H2. The average Bonchev–Trinajstić information content (AvgIpc) is 2.61. The lowest BCUT2D eigenvalue weighted by molar-refractivity contribution is 0.0247. The van der Waals surface area contributed by atoms with Crippen LogP contribution in [0.4, 0.5) is 0 Å². The highest BCUT2D eigenvalue weighted by molar-refractivity contribution is 5.37. The predicted octanol–water partition coefficient (Wildman–Crippen LogP) is 2.59. The molecule has 2 aromatic rings. The van der Waals surface area contributed by atoms with E-state index in [-0.39, 0.29) is 12.4 Å².